The predicted octanol–water partition coefficient (Wildman–Crippen LogP) is 1.36. The van der Waals surface area contributed by atoms with Crippen molar-refractivity contribution in [3.63, 3.8) is 0 Å². The highest BCUT2D eigenvalue weighted by atomic mass is 16.4. The summed E-state index contributed by atoms with van der Waals surface area (Å²) in [6, 6.07) is 1.53. The minimum absolute atomic E-state index is 0.0972. The fourth-order valence-corrected chi connectivity index (χ4v) is 1.42. The first-order valence-electron chi connectivity index (χ1n) is 4.63. The Labute approximate surface area is 87.0 Å². The molecule has 1 aromatic rings. The number of carboxylic acids is 2. The number of aromatic carboxylic acids is 1. The minimum Gasteiger partial charge on any atom is -0.481 e. The Morgan fingerprint density at radius 1 is 1.40 bits per heavy atom. The summed E-state index contributed by atoms with van der Waals surface area (Å²) in [6.45, 7) is 2.25. The summed E-state index contributed by atoms with van der Waals surface area (Å²) in [5.41, 5.74) is 0.929. The van der Waals surface area contributed by atoms with Crippen molar-refractivity contribution in [3.8, 4) is 0 Å². The molecule has 2 N–H and O–H groups in total. The maximum atomic E-state index is 10.7. The lowest BCUT2D eigenvalue weighted by atomic mass is 10.2. The van der Waals surface area contributed by atoms with Crippen LogP contribution in [-0.4, -0.2) is 26.7 Å². The van der Waals surface area contributed by atoms with Crippen molar-refractivity contribution in [2.24, 2.45) is 0 Å². The van der Waals surface area contributed by atoms with Crippen LogP contribution in [0.5, 0.6) is 0 Å². The normalized spacial score (nSPS) is 10.2. The summed E-state index contributed by atoms with van der Waals surface area (Å²) in [4.78, 5) is 21.0. The van der Waals surface area contributed by atoms with E-state index >= 15 is 0 Å². The van der Waals surface area contributed by atoms with E-state index in [9.17, 15) is 9.59 Å². The highest BCUT2D eigenvalue weighted by Gasteiger charge is 2.10. The van der Waals surface area contributed by atoms with Crippen LogP contribution in [0.25, 0.3) is 0 Å². The minimum atomic E-state index is -0.954. The molecule has 5 heteroatoms. The Bertz CT molecular complexity index is 381. The Hall–Kier alpha value is -1.78. The Kier molecular flexibility index (Phi) is 3.49. The lowest BCUT2D eigenvalue weighted by molar-refractivity contribution is -0.137. The van der Waals surface area contributed by atoms with Crippen molar-refractivity contribution in [2.45, 2.75) is 26.3 Å². The van der Waals surface area contributed by atoms with Gasteiger partial charge in [0, 0.05) is 24.9 Å². The number of rotatable bonds is 5. The molecule has 0 spiro atoms. The fraction of sp³-hybridized carbons (Fsp3) is 0.400. The highest BCUT2D eigenvalue weighted by molar-refractivity contribution is 5.88. The zero-order chi connectivity index (χ0) is 11.4. The van der Waals surface area contributed by atoms with Gasteiger partial charge < -0.3 is 14.8 Å². The van der Waals surface area contributed by atoms with Gasteiger partial charge >= 0.3 is 11.9 Å². The van der Waals surface area contributed by atoms with Gasteiger partial charge in [0.25, 0.3) is 0 Å². The molecule has 1 rings (SSSR count). The molecule has 0 fully saturated rings. The fourth-order valence-electron chi connectivity index (χ4n) is 1.42. The van der Waals surface area contributed by atoms with Crippen molar-refractivity contribution in [2.75, 3.05) is 0 Å². The third-order valence-electron chi connectivity index (χ3n) is 2.26. The number of hydrogen-bond donors (Lipinski definition) is 2. The topological polar surface area (TPSA) is 79.5 Å². The van der Waals surface area contributed by atoms with Crippen LogP contribution >= 0.6 is 0 Å². The summed E-state index contributed by atoms with van der Waals surface area (Å²) < 4.78 is 1.76. The largest absolute Gasteiger partial charge is 0.481 e. The Morgan fingerprint density at radius 3 is 2.53 bits per heavy atom. The molecule has 0 saturated heterocycles. The van der Waals surface area contributed by atoms with Crippen LogP contribution in [0.4, 0.5) is 0 Å². The van der Waals surface area contributed by atoms with Crippen LogP contribution in [0, 0.1) is 6.92 Å². The molecule has 0 aliphatic heterocycles. The first kappa shape index (κ1) is 11.3. The first-order valence-corrected chi connectivity index (χ1v) is 4.63. The predicted molar refractivity (Wildman–Crippen MR) is 53.0 cm³/mol. The molecule has 1 heterocycles. The molecule has 0 saturated carbocycles. The molecule has 0 bridgehead atoms. The molecule has 0 aliphatic carbocycles. The van der Waals surface area contributed by atoms with Gasteiger partial charge in [0.1, 0.15) is 0 Å². The molecule has 0 aliphatic rings. The van der Waals surface area contributed by atoms with Gasteiger partial charge in [-0.2, -0.15) is 0 Å². The van der Waals surface area contributed by atoms with E-state index in [1.54, 1.807) is 17.7 Å². The molecular weight excluding hydrogens is 198 g/mol. The molecule has 0 radical (unpaired) electrons. The van der Waals surface area contributed by atoms with Crippen LogP contribution in [0.15, 0.2) is 12.3 Å². The number of aliphatic carboxylic acids is 1. The molecule has 5 nitrogen and oxygen atoms in total. The standard InChI is InChI=1S/C10H13NO4/c1-7-8(10(14)15)4-6-11(7)5-2-3-9(12)13/h4,6H,2-3,5H2,1H3,(H,12,13)(H,14,15). The number of carboxylic acid groups (broad SMARTS) is 2. The molecular formula is C10H13NO4. The molecule has 0 aromatic carbocycles. The first-order chi connectivity index (χ1) is 7.02. The smallest absolute Gasteiger partial charge is 0.337 e. The van der Waals surface area contributed by atoms with E-state index in [4.69, 9.17) is 10.2 Å². The highest BCUT2D eigenvalue weighted by Crippen LogP contribution is 2.10. The van der Waals surface area contributed by atoms with Crippen LogP contribution in [0.2, 0.25) is 0 Å². The summed E-state index contributed by atoms with van der Waals surface area (Å²) in [6.07, 6.45) is 2.27. The van der Waals surface area contributed by atoms with Crippen molar-refractivity contribution < 1.29 is 19.8 Å². The monoisotopic (exact) mass is 211 g/mol. The van der Waals surface area contributed by atoms with E-state index in [0.717, 1.165) is 0 Å². The van der Waals surface area contributed by atoms with E-state index < -0.39 is 11.9 Å². The van der Waals surface area contributed by atoms with Gasteiger partial charge in [-0.05, 0) is 19.4 Å². The van der Waals surface area contributed by atoms with Crippen molar-refractivity contribution >= 4 is 11.9 Å². The quantitative estimate of drug-likeness (QED) is 0.770. The summed E-state index contributed by atoms with van der Waals surface area (Å²) in [5, 5.41) is 17.2. The summed E-state index contributed by atoms with van der Waals surface area (Å²) >= 11 is 0. The zero-order valence-corrected chi connectivity index (χ0v) is 8.43. The maximum Gasteiger partial charge on any atom is 0.337 e. The van der Waals surface area contributed by atoms with Crippen molar-refractivity contribution in [1.82, 2.24) is 4.57 Å². The van der Waals surface area contributed by atoms with Crippen LogP contribution in [0.1, 0.15) is 28.9 Å². The van der Waals surface area contributed by atoms with E-state index in [2.05, 4.69) is 0 Å². The number of carbonyl (C=O) groups is 2. The maximum absolute atomic E-state index is 10.7. The zero-order valence-electron chi connectivity index (χ0n) is 8.43. The summed E-state index contributed by atoms with van der Waals surface area (Å²) in [5.74, 6) is -1.79. The van der Waals surface area contributed by atoms with Gasteiger partial charge in [-0.25, -0.2) is 4.79 Å². The van der Waals surface area contributed by atoms with E-state index in [1.807, 2.05) is 0 Å². The van der Waals surface area contributed by atoms with E-state index in [-0.39, 0.29) is 12.0 Å². The number of nitrogens with zero attached hydrogens (tertiary/aromatic N) is 1. The Balaban J connectivity index is 2.63. The molecule has 15 heavy (non-hydrogen) atoms. The average molecular weight is 211 g/mol. The number of aromatic nitrogens is 1. The summed E-state index contributed by atoms with van der Waals surface area (Å²) in [7, 11) is 0. The average Bonchev–Trinajstić information content (AvgIpc) is 2.47. The molecule has 82 valence electrons. The van der Waals surface area contributed by atoms with Gasteiger partial charge in [0.2, 0.25) is 0 Å². The van der Waals surface area contributed by atoms with Crippen molar-refractivity contribution in [3.05, 3.63) is 23.5 Å². The van der Waals surface area contributed by atoms with Gasteiger partial charge in [0.15, 0.2) is 0 Å². The van der Waals surface area contributed by atoms with E-state index in [1.165, 1.54) is 6.07 Å². The van der Waals surface area contributed by atoms with Gasteiger partial charge in [-0.3, -0.25) is 4.79 Å². The lowest BCUT2D eigenvalue weighted by Crippen LogP contribution is -2.04. The Morgan fingerprint density at radius 2 is 2.07 bits per heavy atom. The van der Waals surface area contributed by atoms with Gasteiger partial charge in [-0.15, -0.1) is 0 Å². The van der Waals surface area contributed by atoms with Crippen LogP contribution in [-0.2, 0) is 11.3 Å². The molecule has 1 aromatic heterocycles. The van der Waals surface area contributed by atoms with Crippen LogP contribution < -0.4 is 0 Å². The third-order valence-corrected chi connectivity index (χ3v) is 2.26. The third kappa shape index (κ3) is 2.83. The second kappa shape index (κ2) is 4.63. The molecule has 0 amide bonds. The van der Waals surface area contributed by atoms with Gasteiger partial charge in [0.05, 0.1) is 5.56 Å². The van der Waals surface area contributed by atoms with Crippen LogP contribution in [0.3, 0.4) is 0 Å². The van der Waals surface area contributed by atoms with Crippen molar-refractivity contribution in [1.29, 1.82) is 0 Å². The van der Waals surface area contributed by atoms with Gasteiger partial charge in [-0.1, -0.05) is 0 Å². The second-order valence-corrected chi connectivity index (χ2v) is 3.31. The molecule has 0 unspecified atom stereocenters. The number of hydrogen-bond acceptors (Lipinski definition) is 2. The SMILES string of the molecule is Cc1c(C(=O)O)ccn1CCCC(=O)O. The number of aryl methyl sites for hydroxylation is 1. The van der Waals surface area contributed by atoms with E-state index in [0.29, 0.717) is 18.7 Å². The molecule has 0 atom stereocenters. The second-order valence-electron chi connectivity index (χ2n) is 3.31. The lowest BCUT2D eigenvalue weighted by Gasteiger charge is -2.04.